The molecule has 1 aromatic carbocycles. The van der Waals surface area contributed by atoms with Crippen LogP contribution in [-0.4, -0.2) is 33.0 Å². The average Bonchev–Trinajstić information content (AvgIpc) is 2.34. The number of ether oxygens (including phenoxy) is 1. The van der Waals surface area contributed by atoms with E-state index in [1.54, 1.807) is 32.9 Å². The molecule has 0 aromatic heterocycles. The van der Waals surface area contributed by atoms with Crippen LogP contribution in [0.5, 0.6) is 0 Å². The Morgan fingerprint density at radius 3 is 2.35 bits per heavy atom. The van der Waals surface area contributed by atoms with Crippen LogP contribution in [0.25, 0.3) is 0 Å². The molecule has 1 aromatic rings. The second kappa shape index (κ2) is 7.70. The first kappa shape index (κ1) is 20.0. The van der Waals surface area contributed by atoms with E-state index >= 15 is 0 Å². The Balaban J connectivity index is 2.96. The summed E-state index contributed by atoms with van der Waals surface area (Å²) in [5.41, 5.74) is -0.154. The van der Waals surface area contributed by atoms with Gasteiger partial charge in [0.2, 0.25) is 0 Å². The van der Waals surface area contributed by atoms with Crippen molar-refractivity contribution in [2.24, 2.45) is 0 Å². The third-order valence-corrected chi connectivity index (χ3v) is 3.79. The van der Waals surface area contributed by atoms with Crippen LogP contribution >= 0.6 is 23.2 Å². The Morgan fingerprint density at radius 2 is 1.87 bits per heavy atom. The Morgan fingerprint density at radius 1 is 1.26 bits per heavy atom. The normalized spacial score (nSPS) is 13.5. The van der Waals surface area contributed by atoms with Gasteiger partial charge in [-0.2, -0.15) is 8.42 Å². The molecule has 6 nitrogen and oxygen atoms in total. The van der Waals surface area contributed by atoms with Crippen molar-refractivity contribution >= 4 is 39.4 Å². The first-order valence-electron chi connectivity index (χ1n) is 6.66. The summed E-state index contributed by atoms with van der Waals surface area (Å²) in [5, 5.41) is 3.18. The molecule has 130 valence electrons. The molecule has 0 heterocycles. The van der Waals surface area contributed by atoms with E-state index < -0.39 is 27.9 Å². The van der Waals surface area contributed by atoms with Crippen LogP contribution in [0.15, 0.2) is 18.2 Å². The lowest BCUT2D eigenvalue weighted by Gasteiger charge is -2.23. The van der Waals surface area contributed by atoms with Crippen molar-refractivity contribution in [2.75, 3.05) is 12.9 Å². The molecule has 23 heavy (non-hydrogen) atoms. The van der Waals surface area contributed by atoms with Crippen molar-refractivity contribution in [1.29, 1.82) is 0 Å². The zero-order valence-corrected chi connectivity index (χ0v) is 15.6. The van der Waals surface area contributed by atoms with Crippen LogP contribution in [0.4, 0.5) is 4.79 Å². The molecule has 0 aliphatic heterocycles. The van der Waals surface area contributed by atoms with Crippen LogP contribution < -0.4 is 5.32 Å². The molecular weight excluding hydrogens is 365 g/mol. The van der Waals surface area contributed by atoms with E-state index in [1.165, 1.54) is 6.07 Å². The first-order valence-corrected chi connectivity index (χ1v) is 9.23. The fourth-order valence-electron chi connectivity index (χ4n) is 1.59. The molecule has 0 saturated carbocycles. The molecule has 9 heteroatoms. The highest BCUT2D eigenvalue weighted by Gasteiger charge is 2.22. The summed E-state index contributed by atoms with van der Waals surface area (Å²) < 4.78 is 32.3. The first-order chi connectivity index (χ1) is 10.4. The number of nitrogens with one attached hydrogen (secondary N) is 1. The second-order valence-electron chi connectivity index (χ2n) is 5.86. The van der Waals surface area contributed by atoms with E-state index in [4.69, 9.17) is 32.1 Å². The van der Waals surface area contributed by atoms with Crippen molar-refractivity contribution in [3.63, 3.8) is 0 Å². The van der Waals surface area contributed by atoms with Gasteiger partial charge in [0.15, 0.2) is 0 Å². The van der Waals surface area contributed by atoms with E-state index in [-0.39, 0.29) is 11.6 Å². The molecule has 1 N–H and O–H groups in total. The van der Waals surface area contributed by atoms with Gasteiger partial charge < -0.3 is 10.1 Å². The molecule has 0 aliphatic carbocycles. The fourth-order valence-corrected chi connectivity index (χ4v) is 2.28. The molecule has 0 bridgehead atoms. The highest BCUT2D eigenvalue weighted by molar-refractivity contribution is 7.85. The molecule has 0 radical (unpaired) electrons. The van der Waals surface area contributed by atoms with Gasteiger partial charge in [-0.1, -0.05) is 29.3 Å². The van der Waals surface area contributed by atoms with Crippen LogP contribution in [0.2, 0.25) is 10.0 Å². The zero-order valence-electron chi connectivity index (χ0n) is 13.2. The Hall–Kier alpha value is -1.02. The van der Waals surface area contributed by atoms with Gasteiger partial charge in [-0.25, -0.2) is 4.79 Å². The molecule has 1 atom stereocenters. The lowest BCUT2D eigenvalue weighted by molar-refractivity contribution is 0.0487. The van der Waals surface area contributed by atoms with Crippen molar-refractivity contribution in [3.05, 3.63) is 33.8 Å². The van der Waals surface area contributed by atoms with E-state index in [0.29, 0.717) is 10.6 Å². The quantitative estimate of drug-likeness (QED) is 0.786. The van der Waals surface area contributed by atoms with Gasteiger partial charge in [-0.05, 0) is 38.5 Å². The number of alkyl carbamates (subject to hydrolysis) is 1. The zero-order chi connectivity index (χ0) is 17.8. The minimum atomic E-state index is -3.67. The van der Waals surface area contributed by atoms with Gasteiger partial charge in [-0.15, -0.1) is 0 Å². The Kier molecular flexibility index (Phi) is 6.70. The molecular formula is C14H19Cl2NO5S. The monoisotopic (exact) mass is 383 g/mol. The molecule has 0 saturated heterocycles. The van der Waals surface area contributed by atoms with E-state index in [9.17, 15) is 13.2 Å². The van der Waals surface area contributed by atoms with Crippen molar-refractivity contribution in [2.45, 2.75) is 32.4 Å². The molecule has 1 amide bonds. The summed E-state index contributed by atoms with van der Waals surface area (Å²) in [6.45, 7) is 4.85. The number of halogens is 2. The number of hydrogen-bond donors (Lipinski definition) is 1. The lowest BCUT2D eigenvalue weighted by atomic mass is 10.1. The maximum atomic E-state index is 11.9. The largest absolute Gasteiger partial charge is 0.444 e. The smallest absolute Gasteiger partial charge is 0.408 e. The minimum absolute atomic E-state index is 0.277. The highest BCUT2D eigenvalue weighted by atomic mass is 35.5. The van der Waals surface area contributed by atoms with Crippen molar-refractivity contribution < 1.29 is 22.1 Å². The maximum absolute atomic E-state index is 11.9. The molecule has 0 aliphatic rings. The Labute approximate surface area is 146 Å². The number of benzene rings is 1. The fraction of sp³-hybridized carbons (Fsp3) is 0.500. The molecule has 0 unspecified atom stereocenters. The average molecular weight is 384 g/mol. The predicted molar refractivity (Wildman–Crippen MR) is 89.4 cm³/mol. The standard InChI is InChI=1S/C14H19Cl2NO5S/c1-14(2,3)22-13(18)17-12(8-21-23(4,19)20)9-5-6-10(15)11(16)7-9/h5-7,12H,8H2,1-4H3,(H,17,18)/t12-/m0/s1. The van der Waals surface area contributed by atoms with Gasteiger partial charge >= 0.3 is 6.09 Å². The SMILES string of the molecule is CC(C)(C)OC(=O)N[C@@H](COS(C)(=O)=O)c1ccc(Cl)c(Cl)c1. The predicted octanol–water partition coefficient (Wildman–Crippen LogP) is 3.54. The molecule has 0 spiro atoms. The minimum Gasteiger partial charge on any atom is -0.444 e. The van der Waals surface area contributed by atoms with Gasteiger partial charge in [0.05, 0.1) is 28.9 Å². The Bertz CT molecular complexity index is 670. The maximum Gasteiger partial charge on any atom is 0.408 e. The van der Waals surface area contributed by atoms with Crippen LogP contribution in [0.1, 0.15) is 32.4 Å². The molecule has 1 rings (SSSR count). The van der Waals surface area contributed by atoms with Gasteiger partial charge in [-0.3, -0.25) is 4.18 Å². The van der Waals surface area contributed by atoms with Gasteiger partial charge in [0, 0.05) is 0 Å². The summed E-state index contributed by atoms with van der Waals surface area (Å²) in [6, 6.07) is 3.91. The number of amides is 1. The van der Waals surface area contributed by atoms with E-state index in [1.807, 2.05) is 0 Å². The van der Waals surface area contributed by atoms with Crippen LogP contribution in [0.3, 0.4) is 0 Å². The summed E-state index contributed by atoms with van der Waals surface area (Å²) in [5.74, 6) is 0. The van der Waals surface area contributed by atoms with Gasteiger partial charge in [0.1, 0.15) is 5.60 Å². The number of carbonyl (C=O) groups excluding carboxylic acids is 1. The summed E-state index contributed by atoms with van der Waals surface area (Å²) in [7, 11) is -3.67. The lowest BCUT2D eigenvalue weighted by Crippen LogP contribution is -2.37. The summed E-state index contributed by atoms with van der Waals surface area (Å²) >= 11 is 11.8. The van der Waals surface area contributed by atoms with Crippen LogP contribution in [0, 0.1) is 0 Å². The van der Waals surface area contributed by atoms with Crippen LogP contribution in [-0.2, 0) is 19.0 Å². The molecule has 0 fully saturated rings. The number of carbonyl (C=O) groups is 1. The highest BCUT2D eigenvalue weighted by Crippen LogP contribution is 2.26. The summed E-state index contributed by atoms with van der Waals surface area (Å²) in [6.07, 6.45) is 0.220. The topological polar surface area (TPSA) is 81.7 Å². The van der Waals surface area contributed by atoms with E-state index in [2.05, 4.69) is 5.32 Å². The summed E-state index contributed by atoms with van der Waals surface area (Å²) in [4.78, 5) is 11.9. The van der Waals surface area contributed by atoms with Crippen molar-refractivity contribution in [3.8, 4) is 0 Å². The van der Waals surface area contributed by atoms with E-state index in [0.717, 1.165) is 6.26 Å². The van der Waals surface area contributed by atoms with Gasteiger partial charge in [0.25, 0.3) is 10.1 Å². The number of hydrogen-bond acceptors (Lipinski definition) is 5. The third-order valence-electron chi connectivity index (χ3n) is 2.49. The number of rotatable bonds is 5. The second-order valence-corrected chi connectivity index (χ2v) is 8.32. The third kappa shape index (κ3) is 7.87. The van der Waals surface area contributed by atoms with Crippen molar-refractivity contribution in [1.82, 2.24) is 5.32 Å².